The van der Waals surface area contributed by atoms with Crippen LogP contribution in [0.2, 0.25) is 0 Å². The number of hydrogen-bond donors (Lipinski definition) is 1. The van der Waals surface area contributed by atoms with Crippen LogP contribution >= 0.6 is 0 Å². The molecule has 1 aliphatic carbocycles. The summed E-state index contributed by atoms with van der Waals surface area (Å²) in [5.41, 5.74) is 6.30. The highest BCUT2D eigenvalue weighted by Gasteiger charge is 2.43. The molecular formula is C10H18N2O. The molecule has 0 aromatic rings. The third-order valence-corrected chi connectivity index (χ3v) is 3.62. The van der Waals surface area contributed by atoms with Crippen molar-refractivity contribution in [3.63, 3.8) is 0 Å². The normalized spacial score (nSPS) is 38.9. The molecule has 13 heavy (non-hydrogen) atoms. The summed E-state index contributed by atoms with van der Waals surface area (Å²) in [4.78, 5) is 13.1. The van der Waals surface area contributed by atoms with E-state index in [-0.39, 0.29) is 5.91 Å². The van der Waals surface area contributed by atoms with Crippen molar-refractivity contribution >= 4 is 5.91 Å². The first-order chi connectivity index (χ1) is 6.11. The summed E-state index contributed by atoms with van der Waals surface area (Å²) in [7, 11) is 0. The smallest absolute Gasteiger partial charge is 0.219 e. The lowest BCUT2D eigenvalue weighted by molar-refractivity contribution is -0.128. The van der Waals surface area contributed by atoms with Gasteiger partial charge >= 0.3 is 0 Å². The van der Waals surface area contributed by atoms with Crippen molar-refractivity contribution in [2.24, 2.45) is 11.1 Å². The molecule has 1 aliphatic heterocycles. The molecule has 1 saturated heterocycles. The fourth-order valence-electron chi connectivity index (χ4n) is 2.83. The van der Waals surface area contributed by atoms with Crippen molar-refractivity contribution in [3.05, 3.63) is 0 Å². The second kappa shape index (κ2) is 2.98. The van der Waals surface area contributed by atoms with E-state index in [1.807, 2.05) is 4.90 Å². The summed E-state index contributed by atoms with van der Waals surface area (Å²) >= 11 is 0. The highest BCUT2D eigenvalue weighted by Crippen LogP contribution is 2.44. The van der Waals surface area contributed by atoms with E-state index in [1.54, 1.807) is 6.92 Å². The standard InChI is InChI=1S/C10H18N2O/c1-8(13)12-5-4-10(7-12)3-2-9(11)6-10/h9H,2-7,11H2,1H3/t9-,10-/m0/s1. The van der Waals surface area contributed by atoms with Crippen LogP contribution in [0, 0.1) is 5.41 Å². The second-order valence-electron chi connectivity index (χ2n) is 4.69. The number of likely N-dealkylation sites (tertiary alicyclic amines) is 1. The summed E-state index contributed by atoms with van der Waals surface area (Å²) in [6, 6.07) is 0.381. The second-order valence-corrected chi connectivity index (χ2v) is 4.69. The maximum Gasteiger partial charge on any atom is 0.219 e. The Labute approximate surface area is 79.3 Å². The van der Waals surface area contributed by atoms with Gasteiger partial charge in [-0.3, -0.25) is 4.79 Å². The van der Waals surface area contributed by atoms with Crippen molar-refractivity contribution in [2.45, 2.75) is 38.6 Å². The third kappa shape index (κ3) is 1.57. The van der Waals surface area contributed by atoms with E-state index >= 15 is 0 Å². The van der Waals surface area contributed by atoms with Gasteiger partial charge in [0.25, 0.3) is 0 Å². The fraction of sp³-hybridized carbons (Fsp3) is 0.900. The van der Waals surface area contributed by atoms with Crippen molar-refractivity contribution in [3.8, 4) is 0 Å². The van der Waals surface area contributed by atoms with Crippen molar-refractivity contribution in [1.29, 1.82) is 0 Å². The number of hydrogen-bond acceptors (Lipinski definition) is 2. The van der Waals surface area contributed by atoms with Crippen LogP contribution in [0.25, 0.3) is 0 Å². The Balaban J connectivity index is 2.01. The summed E-state index contributed by atoms with van der Waals surface area (Å²) in [5, 5.41) is 0. The molecule has 3 heteroatoms. The van der Waals surface area contributed by atoms with Crippen LogP contribution in [0.3, 0.4) is 0 Å². The summed E-state index contributed by atoms with van der Waals surface area (Å²) in [6.45, 7) is 3.56. The third-order valence-electron chi connectivity index (χ3n) is 3.62. The Morgan fingerprint density at radius 3 is 2.77 bits per heavy atom. The fourth-order valence-corrected chi connectivity index (χ4v) is 2.83. The van der Waals surface area contributed by atoms with Crippen LogP contribution in [-0.4, -0.2) is 29.9 Å². The van der Waals surface area contributed by atoms with Gasteiger partial charge in [-0.25, -0.2) is 0 Å². The van der Waals surface area contributed by atoms with Gasteiger partial charge in [0.2, 0.25) is 5.91 Å². The number of nitrogens with two attached hydrogens (primary N) is 1. The molecule has 0 aromatic carbocycles. The molecule has 2 atom stereocenters. The van der Waals surface area contributed by atoms with Crippen molar-refractivity contribution in [2.75, 3.05) is 13.1 Å². The Bertz CT molecular complexity index is 229. The highest BCUT2D eigenvalue weighted by atomic mass is 16.2. The maximum atomic E-state index is 11.2. The number of rotatable bonds is 0. The van der Waals surface area contributed by atoms with E-state index in [9.17, 15) is 4.79 Å². The minimum atomic E-state index is 0.220. The number of nitrogens with zero attached hydrogens (tertiary/aromatic N) is 1. The van der Waals surface area contributed by atoms with E-state index in [4.69, 9.17) is 5.73 Å². The highest BCUT2D eigenvalue weighted by molar-refractivity contribution is 5.73. The topological polar surface area (TPSA) is 46.3 Å². The van der Waals surface area contributed by atoms with Crippen LogP contribution in [0.4, 0.5) is 0 Å². The maximum absolute atomic E-state index is 11.2. The van der Waals surface area contributed by atoms with Crippen LogP contribution in [0.1, 0.15) is 32.6 Å². The zero-order chi connectivity index (χ0) is 9.47. The van der Waals surface area contributed by atoms with E-state index in [2.05, 4.69) is 0 Å². The minimum Gasteiger partial charge on any atom is -0.342 e. The van der Waals surface area contributed by atoms with Crippen molar-refractivity contribution in [1.82, 2.24) is 4.90 Å². The number of amides is 1. The minimum absolute atomic E-state index is 0.220. The molecule has 0 bridgehead atoms. The quantitative estimate of drug-likeness (QED) is 0.600. The molecule has 2 N–H and O–H groups in total. The molecule has 2 fully saturated rings. The van der Waals surface area contributed by atoms with E-state index in [1.165, 1.54) is 12.8 Å². The Morgan fingerprint density at radius 2 is 2.31 bits per heavy atom. The predicted molar refractivity (Wildman–Crippen MR) is 51.1 cm³/mol. The Kier molecular flexibility index (Phi) is 2.06. The van der Waals surface area contributed by atoms with Crippen LogP contribution in [-0.2, 0) is 4.79 Å². The average molecular weight is 182 g/mol. The zero-order valence-corrected chi connectivity index (χ0v) is 8.25. The summed E-state index contributed by atoms with van der Waals surface area (Å²) in [5.74, 6) is 0.220. The molecule has 0 unspecified atom stereocenters. The molecule has 0 radical (unpaired) electrons. The van der Waals surface area contributed by atoms with Gasteiger partial charge in [0.15, 0.2) is 0 Å². The number of carbonyl (C=O) groups is 1. The molecule has 2 rings (SSSR count). The lowest BCUT2D eigenvalue weighted by atomic mass is 9.85. The molecule has 3 nitrogen and oxygen atoms in total. The van der Waals surface area contributed by atoms with Gasteiger partial charge in [-0.05, 0) is 31.1 Å². The van der Waals surface area contributed by atoms with Gasteiger partial charge in [0.05, 0.1) is 0 Å². The van der Waals surface area contributed by atoms with Crippen LogP contribution in [0.5, 0.6) is 0 Å². The number of carbonyl (C=O) groups excluding carboxylic acids is 1. The van der Waals surface area contributed by atoms with Gasteiger partial charge in [0.1, 0.15) is 0 Å². The molecule has 74 valence electrons. The molecular weight excluding hydrogens is 164 g/mol. The van der Waals surface area contributed by atoms with Crippen LogP contribution < -0.4 is 5.73 Å². The van der Waals surface area contributed by atoms with E-state index in [0.29, 0.717) is 11.5 Å². The Hall–Kier alpha value is -0.570. The zero-order valence-electron chi connectivity index (χ0n) is 8.25. The average Bonchev–Trinajstić information content (AvgIpc) is 2.61. The lowest BCUT2D eigenvalue weighted by Crippen LogP contribution is -2.30. The van der Waals surface area contributed by atoms with Gasteiger partial charge < -0.3 is 10.6 Å². The predicted octanol–water partition coefficient (Wildman–Crippen LogP) is 0.736. The van der Waals surface area contributed by atoms with Gasteiger partial charge in [-0.1, -0.05) is 0 Å². The van der Waals surface area contributed by atoms with Crippen LogP contribution in [0.15, 0.2) is 0 Å². The molecule has 0 aromatic heterocycles. The lowest BCUT2D eigenvalue weighted by Gasteiger charge is -2.23. The largest absolute Gasteiger partial charge is 0.342 e. The summed E-state index contributed by atoms with van der Waals surface area (Å²) < 4.78 is 0. The SMILES string of the molecule is CC(=O)N1CC[C@]2(CC[C@H](N)C2)C1. The van der Waals surface area contributed by atoms with Gasteiger partial charge in [0, 0.05) is 26.1 Å². The Morgan fingerprint density at radius 1 is 1.54 bits per heavy atom. The molecule has 1 saturated carbocycles. The monoisotopic (exact) mass is 182 g/mol. The molecule has 1 heterocycles. The van der Waals surface area contributed by atoms with Crippen molar-refractivity contribution < 1.29 is 4.79 Å². The van der Waals surface area contributed by atoms with E-state index < -0.39 is 0 Å². The first-order valence-corrected chi connectivity index (χ1v) is 5.12. The molecule has 2 aliphatic rings. The molecule has 1 amide bonds. The summed E-state index contributed by atoms with van der Waals surface area (Å²) in [6.07, 6.45) is 4.65. The van der Waals surface area contributed by atoms with Gasteiger partial charge in [-0.2, -0.15) is 0 Å². The van der Waals surface area contributed by atoms with E-state index in [0.717, 1.165) is 25.9 Å². The first kappa shape index (κ1) is 9.00. The molecule has 1 spiro atoms. The van der Waals surface area contributed by atoms with Gasteiger partial charge in [-0.15, -0.1) is 0 Å². The first-order valence-electron chi connectivity index (χ1n) is 5.12.